The topological polar surface area (TPSA) is 87.7 Å². The Morgan fingerprint density at radius 2 is 2.15 bits per heavy atom. The van der Waals surface area contributed by atoms with Crippen LogP contribution in [0.5, 0.6) is 0 Å². The molecule has 0 fully saturated rings. The summed E-state index contributed by atoms with van der Waals surface area (Å²) < 4.78 is 4.34. The molecule has 6 heteroatoms. The summed E-state index contributed by atoms with van der Waals surface area (Å²) in [5.41, 5.74) is 0. The van der Waals surface area contributed by atoms with Crippen LogP contribution in [0.25, 0.3) is 0 Å². The Kier molecular flexibility index (Phi) is 5.62. The highest BCUT2D eigenvalue weighted by atomic mass is 16.5. The quantitative estimate of drug-likeness (QED) is 0.488. The molecule has 0 aliphatic heterocycles. The number of carbonyl (C=O) groups is 2. The van der Waals surface area contributed by atoms with Crippen LogP contribution in [0.2, 0.25) is 0 Å². The van der Waals surface area contributed by atoms with Gasteiger partial charge in [-0.1, -0.05) is 0 Å². The van der Waals surface area contributed by atoms with Crippen molar-refractivity contribution in [2.24, 2.45) is 0 Å². The van der Waals surface area contributed by atoms with E-state index >= 15 is 0 Å². The van der Waals surface area contributed by atoms with E-state index in [1.807, 2.05) is 0 Å². The molecule has 0 radical (unpaired) electrons. The third-order valence-electron chi connectivity index (χ3n) is 1.31. The molecule has 1 atom stereocenters. The molecule has 76 valence electrons. The summed E-state index contributed by atoms with van der Waals surface area (Å²) in [6, 6.07) is -1.51. The molecule has 0 saturated carbocycles. The Labute approximate surface area is 76.3 Å². The van der Waals surface area contributed by atoms with Crippen LogP contribution in [-0.2, 0) is 9.53 Å². The van der Waals surface area contributed by atoms with E-state index in [0.29, 0.717) is 6.54 Å². The highest BCUT2D eigenvalue weighted by Gasteiger charge is 2.19. The minimum atomic E-state index is -1.00. The van der Waals surface area contributed by atoms with Crippen LogP contribution in [-0.4, -0.2) is 43.4 Å². The van der Waals surface area contributed by atoms with Crippen LogP contribution in [0, 0.1) is 0 Å². The standard InChI is InChI=1S/C7H14N2O4/c1-3-8-7(12)9-5(4-10)6(11)13-2/h5,10H,3-4H2,1-2H3,(H2,8,9,12). The van der Waals surface area contributed by atoms with E-state index in [1.54, 1.807) is 6.92 Å². The lowest BCUT2D eigenvalue weighted by atomic mass is 10.3. The molecule has 0 aromatic rings. The van der Waals surface area contributed by atoms with Crippen molar-refractivity contribution in [1.82, 2.24) is 10.6 Å². The van der Waals surface area contributed by atoms with E-state index in [1.165, 1.54) is 7.11 Å². The van der Waals surface area contributed by atoms with Gasteiger partial charge in [0.15, 0.2) is 6.04 Å². The number of methoxy groups -OCH3 is 1. The Balaban J connectivity index is 3.97. The summed E-state index contributed by atoms with van der Waals surface area (Å²) in [7, 11) is 1.18. The number of esters is 1. The summed E-state index contributed by atoms with van der Waals surface area (Å²) in [5.74, 6) is -0.672. The molecule has 0 aromatic heterocycles. The molecule has 0 heterocycles. The smallest absolute Gasteiger partial charge is 0.330 e. The van der Waals surface area contributed by atoms with Gasteiger partial charge in [0.2, 0.25) is 0 Å². The summed E-state index contributed by atoms with van der Waals surface area (Å²) in [5, 5.41) is 13.4. The number of hydrogen-bond acceptors (Lipinski definition) is 4. The fraction of sp³-hybridized carbons (Fsp3) is 0.714. The maximum atomic E-state index is 10.9. The maximum absolute atomic E-state index is 10.9. The number of carbonyl (C=O) groups excluding carboxylic acids is 2. The Hall–Kier alpha value is -1.30. The van der Waals surface area contributed by atoms with Gasteiger partial charge in [0.1, 0.15) is 0 Å². The Morgan fingerprint density at radius 1 is 1.54 bits per heavy atom. The molecule has 0 aliphatic rings. The van der Waals surface area contributed by atoms with Gasteiger partial charge in [0.25, 0.3) is 0 Å². The molecule has 0 spiro atoms. The average Bonchev–Trinajstić information content (AvgIpc) is 2.13. The molecule has 0 aromatic carbocycles. The van der Waals surface area contributed by atoms with E-state index in [2.05, 4.69) is 15.4 Å². The van der Waals surface area contributed by atoms with Gasteiger partial charge < -0.3 is 20.5 Å². The van der Waals surface area contributed by atoms with Crippen LogP contribution in [0.1, 0.15) is 6.92 Å². The number of urea groups is 1. The highest BCUT2D eigenvalue weighted by molar-refractivity contribution is 5.83. The van der Waals surface area contributed by atoms with Gasteiger partial charge in [-0.2, -0.15) is 0 Å². The molecule has 0 rings (SSSR count). The van der Waals surface area contributed by atoms with Crippen molar-refractivity contribution in [3.8, 4) is 0 Å². The molecule has 1 unspecified atom stereocenters. The fourth-order valence-corrected chi connectivity index (χ4v) is 0.691. The van der Waals surface area contributed by atoms with Crippen molar-refractivity contribution in [2.45, 2.75) is 13.0 Å². The third kappa shape index (κ3) is 4.32. The lowest BCUT2D eigenvalue weighted by Crippen LogP contribution is -2.48. The molecule has 0 aliphatic carbocycles. The maximum Gasteiger partial charge on any atom is 0.330 e. The average molecular weight is 190 g/mol. The van der Waals surface area contributed by atoms with Crippen molar-refractivity contribution in [2.75, 3.05) is 20.3 Å². The van der Waals surface area contributed by atoms with Crippen molar-refractivity contribution in [3.05, 3.63) is 0 Å². The minimum absolute atomic E-state index is 0.450. The minimum Gasteiger partial charge on any atom is -0.467 e. The van der Waals surface area contributed by atoms with Gasteiger partial charge >= 0.3 is 12.0 Å². The van der Waals surface area contributed by atoms with Crippen LogP contribution in [0.15, 0.2) is 0 Å². The molecule has 13 heavy (non-hydrogen) atoms. The number of nitrogens with one attached hydrogen (secondary N) is 2. The predicted octanol–water partition coefficient (Wildman–Crippen LogP) is -1.16. The van der Waals surface area contributed by atoms with Gasteiger partial charge in [-0.3, -0.25) is 0 Å². The lowest BCUT2D eigenvalue weighted by molar-refractivity contribution is -0.143. The van der Waals surface area contributed by atoms with Crippen molar-refractivity contribution in [3.63, 3.8) is 0 Å². The summed E-state index contributed by atoms with van der Waals surface area (Å²) >= 11 is 0. The van der Waals surface area contributed by atoms with E-state index < -0.39 is 24.6 Å². The van der Waals surface area contributed by atoms with E-state index in [-0.39, 0.29) is 0 Å². The van der Waals surface area contributed by atoms with Crippen molar-refractivity contribution < 1.29 is 19.4 Å². The number of amides is 2. The Morgan fingerprint density at radius 3 is 2.54 bits per heavy atom. The number of ether oxygens (including phenoxy) is 1. The zero-order valence-corrected chi connectivity index (χ0v) is 7.66. The second-order valence-corrected chi connectivity index (χ2v) is 2.26. The first kappa shape index (κ1) is 11.7. The van der Waals surface area contributed by atoms with Crippen LogP contribution < -0.4 is 10.6 Å². The number of hydrogen-bond donors (Lipinski definition) is 3. The SMILES string of the molecule is CCNC(=O)NC(CO)C(=O)OC. The van der Waals surface area contributed by atoms with E-state index in [0.717, 1.165) is 0 Å². The summed E-state index contributed by atoms with van der Waals surface area (Å²) in [6.45, 7) is 1.71. The van der Waals surface area contributed by atoms with Gasteiger partial charge in [0.05, 0.1) is 13.7 Å². The predicted molar refractivity (Wildman–Crippen MR) is 45.1 cm³/mol. The third-order valence-corrected chi connectivity index (χ3v) is 1.31. The zero-order valence-electron chi connectivity index (χ0n) is 7.66. The van der Waals surface area contributed by atoms with Gasteiger partial charge in [-0.05, 0) is 6.92 Å². The lowest BCUT2D eigenvalue weighted by Gasteiger charge is -2.13. The largest absolute Gasteiger partial charge is 0.467 e. The first-order valence-corrected chi connectivity index (χ1v) is 3.88. The van der Waals surface area contributed by atoms with Crippen LogP contribution >= 0.6 is 0 Å². The van der Waals surface area contributed by atoms with Crippen LogP contribution in [0.4, 0.5) is 4.79 Å². The zero-order chi connectivity index (χ0) is 10.3. The van der Waals surface area contributed by atoms with Gasteiger partial charge in [0, 0.05) is 6.54 Å². The van der Waals surface area contributed by atoms with E-state index in [9.17, 15) is 9.59 Å². The molecule has 0 bridgehead atoms. The van der Waals surface area contributed by atoms with Gasteiger partial charge in [-0.25, -0.2) is 9.59 Å². The first-order chi connectivity index (χ1) is 6.15. The fourth-order valence-electron chi connectivity index (χ4n) is 0.691. The second-order valence-electron chi connectivity index (χ2n) is 2.26. The molecular weight excluding hydrogens is 176 g/mol. The summed E-state index contributed by atoms with van der Waals surface area (Å²) in [6.07, 6.45) is 0. The molecular formula is C7H14N2O4. The highest BCUT2D eigenvalue weighted by Crippen LogP contribution is 1.86. The number of aliphatic hydroxyl groups excluding tert-OH is 1. The van der Waals surface area contributed by atoms with Crippen molar-refractivity contribution >= 4 is 12.0 Å². The first-order valence-electron chi connectivity index (χ1n) is 3.88. The molecule has 6 nitrogen and oxygen atoms in total. The molecule has 0 saturated heterocycles. The second kappa shape index (κ2) is 6.24. The number of aliphatic hydroxyl groups is 1. The molecule has 3 N–H and O–H groups in total. The van der Waals surface area contributed by atoms with Crippen LogP contribution in [0.3, 0.4) is 0 Å². The number of rotatable bonds is 4. The summed E-state index contributed by atoms with van der Waals surface area (Å²) in [4.78, 5) is 21.7. The van der Waals surface area contributed by atoms with Gasteiger partial charge in [-0.15, -0.1) is 0 Å². The normalized spacial score (nSPS) is 11.6. The monoisotopic (exact) mass is 190 g/mol. The van der Waals surface area contributed by atoms with E-state index in [4.69, 9.17) is 5.11 Å². The van der Waals surface area contributed by atoms with Crippen molar-refractivity contribution in [1.29, 1.82) is 0 Å². The Bertz CT molecular complexity index is 183. The molecule has 2 amide bonds.